The third-order valence-corrected chi connectivity index (χ3v) is 4.81. The zero-order valence-corrected chi connectivity index (χ0v) is 15.5. The topological polar surface area (TPSA) is 46.6 Å². The van der Waals surface area contributed by atoms with Crippen LogP contribution in [-0.2, 0) is 20.9 Å². The minimum Gasteiger partial charge on any atom is -0.465 e. The molecule has 0 fully saturated rings. The fourth-order valence-corrected chi connectivity index (χ4v) is 3.52. The van der Waals surface area contributed by atoms with Crippen molar-refractivity contribution in [2.24, 2.45) is 0 Å². The number of carbonyl (C=O) groups excluding carboxylic acids is 2. The smallest absolute Gasteiger partial charge is 0.339 e. The number of amides is 1. The molecule has 1 aliphatic rings. The van der Waals surface area contributed by atoms with Crippen molar-refractivity contribution in [1.29, 1.82) is 0 Å². The zero-order valence-electron chi connectivity index (χ0n) is 15.5. The molecule has 0 saturated carbocycles. The highest BCUT2D eigenvalue weighted by Gasteiger charge is 2.36. The first-order valence-corrected chi connectivity index (χ1v) is 9.04. The van der Waals surface area contributed by atoms with E-state index in [0.717, 1.165) is 16.8 Å². The van der Waals surface area contributed by atoms with E-state index >= 15 is 0 Å². The monoisotopic (exact) mass is 369 g/mol. The molecule has 0 atom stereocenters. The second kappa shape index (κ2) is 7.53. The highest BCUT2D eigenvalue weighted by Crippen LogP contribution is 2.41. The third kappa shape index (κ3) is 3.09. The average Bonchev–Trinajstić information content (AvgIpc) is 3.02. The number of hydrogen-bond acceptors (Lipinski definition) is 3. The number of carbonyl (C=O) groups is 2. The van der Waals surface area contributed by atoms with Crippen molar-refractivity contribution in [3.05, 3.63) is 102 Å². The number of nitrogens with zero attached hydrogens (tertiary/aromatic N) is 1. The van der Waals surface area contributed by atoms with Gasteiger partial charge in [0.2, 0.25) is 0 Å². The molecule has 0 aliphatic carbocycles. The highest BCUT2D eigenvalue weighted by atomic mass is 16.5. The second-order valence-corrected chi connectivity index (χ2v) is 6.50. The number of ether oxygens (including phenoxy) is 1. The molecule has 3 aromatic rings. The van der Waals surface area contributed by atoms with Crippen LogP contribution in [0.5, 0.6) is 0 Å². The van der Waals surface area contributed by atoms with Crippen LogP contribution in [0.25, 0.3) is 11.1 Å². The van der Waals surface area contributed by atoms with Crippen LogP contribution in [0.4, 0.5) is 5.69 Å². The predicted octanol–water partition coefficient (Wildman–Crippen LogP) is 4.32. The Labute approximate surface area is 163 Å². The largest absolute Gasteiger partial charge is 0.465 e. The van der Waals surface area contributed by atoms with Crippen LogP contribution in [0.2, 0.25) is 0 Å². The van der Waals surface area contributed by atoms with Crippen molar-refractivity contribution in [2.75, 3.05) is 12.0 Å². The van der Waals surface area contributed by atoms with E-state index in [-0.39, 0.29) is 11.5 Å². The van der Waals surface area contributed by atoms with Crippen molar-refractivity contribution in [2.45, 2.75) is 6.54 Å². The van der Waals surface area contributed by atoms with Crippen LogP contribution in [0.15, 0.2) is 84.9 Å². The van der Waals surface area contributed by atoms with Gasteiger partial charge in [-0.05, 0) is 17.2 Å². The molecule has 0 aromatic heterocycles. The van der Waals surface area contributed by atoms with Crippen LogP contribution < -0.4 is 4.90 Å². The van der Waals surface area contributed by atoms with E-state index < -0.39 is 5.97 Å². The number of rotatable bonds is 4. The summed E-state index contributed by atoms with van der Waals surface area (Å²) in [7, 11) is 1.33. The quantitative estimate of drug-likeness (QED) is 0.508. The summed E-state index contributed by atoms with van der Waals surface area (Å²) >= 11 is 0. The molecule has 3 aromatic carbocycles. The molecule has 1 aliphatic heterocycles. The fraction of sp³-hybridized carbons (Fsp3) is 0.0833. The summed E-state index contributed by atoms with van der Waals surface area (Å²) in [6.07, 6.45) is 0. The van der Waals surface area contributed by atoms with Crippen molar-refractivity contribution >= 4 is 28.7 Å². The molecule has 4 heteroatoms. The highest BCUT2D eigenvalue weighted by molar-refractivity contribution is 6.44. The van der Waals surface area contributed by atoms with Crippen molar-refractivity contribution in [3.8, 4) is 0 Å². The summed E-state index contributed by atoms with van der Waals surface area (Å²) in [5.74, 6) is -0.722. The molecule has 0 spiro atoms. The van der Waals surface area contributed by atoms with E-state index in [4.69, 9.17) is 4.74 Å². The van der Waals surface area contributed by atoms with E-state index in [1.807, 2.05) is 84.9 Å². The van der Waals surface area contributed by atoms with Crippen LogP contribution >= 0.6 is 0 Å². The number of esters is 1. The summed E-state index contributed by atoms with van der Waals surface area (Å²) in [5.41, 5.74) is 3.89. The number of hydrogen-bond donors (Lipinski definition) is 0. The van der Waals surface area contributed by atoms with Crippen LogP contribution in [0.3, 0.4) is 0 Å². The van der Waals surface area contributed by atoms with E-state index in [0.29, 0.717) is 17.7 Å². The van der Waals surface area contributed by atoms with Gasteiger partial charge in [-0.15, -0.1) is 0 Å². The summed E-state index contributed by atoms with van der Waals surface area (Å²) in [4.78, 5) is 27.8. The molecule has 0 radical (unpaired) electrons. The van der Waals surface area contributed by atoms with E-state index in [1.165, 1.54) is 7.11 Å². The van der Waals surface area contributed by atoms with Crippen molar-refractivity contribution in [1.82, 2.24) is 0 Å². The molecule has 0 N–H and O–H groups in total. The van der Waals surface area contributed by atoms with Gasteiger partial charge in [-0.25, -0.2) is 4.79 Å². The average molecular weight is 369 g/mol. The summed E-state index contributed by atoms with van der Waals surface area (Å²) in [6, 6.07) is 26.5. The SMILES string of the molecule is COC(=O)/C(=C1\C(=O)N(Cc2ccccc2)c2ccccc21)c1ccccc1. The molecule has 28 heavy (non-hydrogen) atoms. The lowest BCUT2D eigenvalue weighted by atomic mass is 9.95. The summed E-state index contributed by atoms with van der Waals surface area (Å²) < 4.78 is 5.03. The van der Waals surface area contributed by atoms with E-state index in [9.17, 15) is 9.59 Å². The van der Waals surface area contributed by atoms with Gasteiger partial charge < -0.3 is 9.64 Å². The van der Waals surface area contributed by atoms with Gasteiger partial charge in [0.1, 0.15) is 0 Å². The Bertz CT molecular complexity index is 1060. The maximum atomic E-state index is 13.5. The lowest BCUT2D eigenvalue weighted by Crippen LogP contribution is -2.26. The van der Waals surface area contributed by atoms with E-state index in [2.05, 4.69) is 0 Å². The molecule has 138 valence electrons. The van der Waals surface area contributed by atoms with Crippen LogP contribution in [0.1, 0.15) is 16.7 Å². The Hall–Kier alpha value is -3.66. The minimum absolute atomic E-state index is 0.200. The predicted molar refractivity (Wildman–Crippen MR) is 109 cm³/mol. The van der Waals surface area contributed by atoms with Crippen LogP contribution in [-0.4, -0.2) is 19.0 Å². The van der Waals surface area contributed by atoms with Gasteiger partial charge in [0.25, 0.3) is 5.91 Å². The van der Waals surface area contributed by atoms with Gasteiger partial charge in [0, 0.05) is 5.56 Å². The molecule has 1 heterocycles. The number of fused-ring (bicyclic) bond motifs is 1. The summed E-state index contributed by atoms with van der Waals surface area (Å²) in [5, 5.41) is 0. The van der Waals surface area contributed by atoms with E-state index in [1.54, 1.807) is 4.90 Å². The number of para-hydroxylation sites is 1. The zero-order chi connectivity index (χ0) is 19.5. The minimum atomic E-state index is -0.522. The first-order valence-electron chi connectivity index (χ1n) is 9.04. The van der Waals surface area contributed by atoms with Gasteiger partial charge in [0.05, 0.1) is 30.5 Å². The third-order valence-electron chi connectivity index (χ3n) is 4.81. The Morgan fingerprint density at radius 3 is 2.14 bits per heavy atom. The van der Waals surface area contributed by atoms with Gasteiger partial charge in [0.15, 0.2) is 0 Å². The first-order chi connectivity index (χ1) is 13.7. The standard InChI is InChI=1S/C24H19NO3/c1-28-24(27)21(18-12-6-3-7-13-18)22-19-14-8-9-15-20(19)25(23(22)26)16-17-10-4-2-5-11-17/h2-15H,16H2,1H3/b22-21-. The molecule has 4 nitrogen and oxygen atoms in total. The molecule has 0 saturated heterocycles. The van der Waals surface area contributed by atoms with Gasteiger partial charge in [-0.3, -0.25) is 4.79 Å². The van der Waals surface area contributed by atoms with Crippen LogP contribution in [0, 0.1) is 0 Å². The number of methoxy groups -OCH3 is 1. The normalized spacial score (nSPS) is 14.6. The second-order valence-electron chi connectivity index (χ2n) is 6.50. The molecular formula is C24H19NO3. The summed E-state index contributed by atoms with van der Waals surface area (Å²) in [6.45, 7) is 0.434. The molecular weight excluding hydrogens is 350 g/mol. The molecule has 0 unspecified atom stereocenters. The van der Waals surface area contributed by atoms with Crippen molar-refractivity contribution < 1.29 is 14.3 Å². The number of anilines is 1. The van der Waals surface area contributed by atoms with Gasteiger partial charge >= 0.3 is 5.97 Å². The van der Waals surface area contributed by atoms with Gasteiger partial charge in [-0.2, -0.15) is 0 Å². The molecule has 0 bridgehead atoms. The maximum absolute atomic E-state index is 13.5. The van der Waals surface area contributed by atoms with Gasteiger partial charge in [-0.1, -0.05) is 78.9 Å². The lowest BCUT2D eigenvalue weighted by molar-refractivity contribution is -0.133. The maximum Gasteiger partial charge on any atom is 0.339 e. The lowest BCUT2D eigenvalue weighted by Gasteiger charge is -2.17. The Kier molecular flexibility index (Phi) is 4.77. The Morgan fingerprint density at radius 1 is 0.857 bits per heavy atom. The molecule has 4 rings (SSSR count). The fourth-order valence-electron chi connectivity index (χ4n) is 3.52. The molecule has 1 amide bonds. The Balaban J connectivity index is 1.90. The Morgan fingerprint density at radius 2 is 1.46 bits per heavy atom. The van der Waals surface area contributed by atoms with Crippen molar-refractivity contribution in [3.63, 3.8) is 0 Å². The first kappa shape index (κ1) is 17.7. The number of benzene rings is 3.